The van der Waals surface area contributed by atoms with Crippen LogP contribution in [0.1, 0.15) is 34.6 Å². The molecular formula is C16H22N4O7. The van der Waals surface area contributed by atoms with Crippen LogP contribution in [0.3, 0.4) is 0 Å². The van der Waals surface area contributed by atoms with Gasteiger partial charge in [0.2, 0.25) is 0 Å². The third-order valence-electron chi connectivity index (χ3n) is 3.55. The van der Waals surface area contributed by atoms with Crippen LogP contribution < -0.4 is 10.2 Å². The monoisotopic (exact) mass is 382 g/mol. The number of carbonyl (C=O) groups excluding carboxylic acids is 1. The van der Waals surface area contributed by atoms with E-state index in [2.05, 4.69) is 10.5 Å². The van der Waals surface area contributed by atoms with Crippen molar-refractivity contribution in [3.05, 3.63) is 32.4 Å². The number of nitro benzene ring substituents is 2. The molecule has 0 saturated carbocycles. The molecule has 0 aromatic heterocycles. The second-order valence-electron chi connectivity index (χ2n) is 6.50. The van der Waals surface area contributed by atoms with Gasteiger partial charge in [-0.15, -0.1) is 0 Å². The standard InChI is InChI=1S/C16H22N4O7/c1-6-26-15(21)9-27-14-7-11(18-17-10(2)16(3,4)5)12(19(22)23)8-13(14)20(24)25/h7-8,18H,6,9H2,1-5H3/b17-10-. The van der Waals surface area contributed by atoms with Crippen LogP contribution in [0.15, 0.2) is 17.2 Å². The number of rotatable bonds is 8. The fraction of sp³-hybridized carbons (Fsp3) is 0.500. The molecule has 0 saturated heterocycles. The Hall–Kier alpha value is -3.24. The van der Waals surface area contributed by atoms with E-state index >= 15 is 0 Å². The molecule has 0 aliphatic rings. The quantitative estimate of drug-likeness (QED) is 0.312. The van der Waals surface area contributed by atoms with Crippen molar-refractivity contribution >= 4 is 28.7 Å². The van der Waals surface area contributed by atoms with Gasteiger partial charge in [0.25, 0.3) is 0 Å². The molecule has 11 nitrogen and oxygen atoms in total. The zero-order chi connectivity index (χ0) is 20.8. The van der Waals surface area contributed by atoms with Gasteiger partial charge in [0.15, 0.2) is 12.4 Å². The van der Waals surface area contributed by atoms with Gasteiger partial charge in [-0.1, -0.05) is 20.8 Å². The molecule has 0 aliphatic heterocycles. The summed E-state index contributed by atoms with van der Waals surface area (Å²) in [5, 5.41) is 26.6. The predicted molar refractivity (Wildman–Crippen MR) is 98.1 cm³/mol. The SMILES string of the molecule is CCOC(=O)COc1cc(N/N=C(/C)C(C)(C)C)c([N+](=O)[O-])cc1[N+](=O)[O-]. The predicted octanol–water partition coefficient (Wildman–Crippen LogP) is 3.28. The van der Waals surface area contributed by atoms with Crippen molar-refractivity contribution in [2.75, 3.05) is 18.6 Å². The number of hydrogen-bond acceptors (Lipinski definition) is 9. The first kappa shape index (κ1) is 21.8. The summed E-state index contributed by atoms with van der Waals surface area (Å²) in [7, 11) is 0. The molecule has 27 heavy (non-hydrogen) atoms. The van der Waals surface area contributed by atoms with Crippen LogP contribution in [0, 0.1) is 25.6 Å². The van der Waals surface area contributed by atoms with Crippen LogP contribution in [0.25, 0.3) is 0 Å². The maximum Gasteiger partial charge on any atom is 0.344 e. The molecule has 11 heteroatoms. The number of nitrogens with one attached hydrogen (secondary N) is 1. The van der Waals surface area contributed by atoms with Gasteiger partial charge in [-0.2, -0.15) is 5.10 Å². The minimum Gasteiger partial charge on any atom is -0.475 e. The van der Waals surface area contributed by atoms with Gasteiger partial charge in [-0.05, 0) is 13.8 Å². The number of nitro groups is 2. The zero-order valence-corrected chi connectivity index (χ0v) is 15.8. The van der Waals surface area contributed by atoms with E-state index in [0.717, 1.165) is 12.1 Å². The largest absolute Gasteiger partial charge is 0.475 e. The fourth-order valence-corrected chi connectivity index (χ4v) is 1.71. The molecule has 1 aromatic carbocycles. The highest BCUT2D eigenvalue weighted by Gasteiger charge is 2.26. The minimum absolute atomic E-state index is 0.104. The molecule has 0 bridgehead atoms. The summed E-state index contributed by atoms with van der Waals surface area (Å²) < 4.78 is 9.83. The molecule has 0 atom stereocenters. The average molecular weight is 382 g/mol. The first-order chi connectivity index (χ1) is 12.5. The zero-order valence-electron chi connectivity index (χ0n) is 15.8. The van der Waals surface area contributed by atoms with Crippen molar-refractivity contribution in [3.8, 4) is 5.75 Å². The summed E-state index contributed by atoms with van der Waals surface area (Å²) in [5.74, 6) is -1.04. The van der Waals surface area contributed by atoms with Gasteiger partial charge < -0.3 is 9.47 Å². The number of ether oxygens (including phenoxy) is 2. The van der Waals surface area contributed by atoms with Crippen LogP contribution in [-0.4, -0.2) is 34.7 Å². The van der Waals surface area contributed by atoms with Gasteiger partial charge >= 0.3 is 17.3 Å². The van der Waals surface area contributed by atoms with E-state index in [4.69, 9.17) is 9.47 Å². The molecular weight excluding hydrogens is 360 g/mol. The molecule has 148 valence electrons. The second-order valence-corrected chi connectivity index (χ2v) is 6.50. The number of benzene rings is 1. The number of nitrogens with zero attached hydrogens (tertiary/aromatic N) is 3. The summed E-state index contributed by atoms with van der Waals surface area (Å²) in [6.45, 7) is 8.61. The molecule has 0 radical (unpaired) electrons. The highest BCUT2D eigenvalue weighted by atomic mass is 16.6. The van der Waals surface area contributed by atoms with Crippen LogP contribution >= 0.6 is 0 Å². The van der Waals surface area contributed by atoms with E-state index in [0.29, 0.717) is 5.71 Å². The van der Waals surface area contributed by atoms with Crippen LogP contribution in [-0.2, 0) is 9.53 Å². The lowest BCUT2D eigenvalue weighted by atomic mass is 9.91. The van der Waals surface area contributed by atoms with Crippen molar-refractivity contribution in [1.29, 1.82) is 0 Å². The van der Waals surface area contributed by atoms with Crippen LogP contribution in [0.2, 0.25) is 0 Å². The van der Waals surface area contributed by atoms with Crippen molar-refractivity contribution in [3.63, 3.8) is 0 Å². The average Bonchev–Trinajstić information content (AvgIpc) is 2.56. The fourth-order valence-electron chi connectivity index (χ4n) is 1.71. The minimum atomic E-state index is -0.832. The number of hydrazone groups is 1. The van der Waals surface area contributed by atoms with Crippen molar-refractivity contribution in [2.24, 2.45) is 10.5 Å². The highest BCUT2D eigenvalue weighted by Crippen LogP contribution is 2.37. The number of carbonyl (C=O) groups is 1. The number of anilines is 1. The second kappa shape index (κ2) is 8.92. The van der Waals surface area contributed by atoms with Gasteiger partial charge in [-0.3, -0.25) is 25.7 Å². The molecule has 0 aliphatic carbocycles. The molecule has 0 spiro atoms. The number of esters is 1. The lowest BCUT2D eigenvalue weighted by molar-refractivity contribution is -0.394. The van der Waals surface area contributed by atoms with Gasteiger partial charge in [0.1, 0.15) is 11.8 Å². The molecule has 0 unspecified atom stereocenters. The van der Waals surface area contributed by atoms with E-state index in [1.807, 2.05) is 20.8 Å². The van der Waals surface area contributed by atoms with Gasteiger partial charge in [0, 0.05) is 17.2 Å². The normalized spacial score (nSPS) is 11.7. The van der Waals surface area contributed by atoms with E-state index < -0.39 is 33.8 Å². The van der Waals surface area contributed by atoms with E-state index in [1.165, 1.54) is 0 Å². The Morgan fingerprint density at radius 1 is 1.19 bits per heavy atom. The smallest absolute Gasteiger partial charge is 0.344 e. The maximum atomic E-state index is 11.4. The lowest BCUT2D eigenvalue weighted by Crippen LogP contribution is -2.18. The summed E-state index contributed by atoms with van der Waals surface area (Å²) in [5.41, 5.74) is 1.62. The Labute approximate surface area is 155 Å². The van der Waals surface area contributed by atoms with E-state index in [-0.39, 0.29) is 23.5 Å². The third-order valence-corrected chi connectivity index (χ3v) is 3.55. The summed E-state index contributed by atoms with van der Waals surface area (Å²) in [6, 6.07) is 1.82. The molecule has 0 fully saturated rings. The Balaban J connectivity index is 3.31. The van der Waals surface area contributed by atoms with Crippen LogP contribution in [0.5, 0.6) is 5.75 Å². The lowest BCUT2D eigenvalue weighted by Gasteiger charge is -2.18. The maximum absolute atomic E-state index is 11.4. The molecule has 1 N–H and O–H groups in total. The van der Waals surface area contributed by atoms with Gasteiger partial charge in [-0.25, -0.2) is 4.79 Å². The molecule has 1 aromatic rings. The first-order valence-electron chi connectivity index (χ1n) is 8.03. The van der Waals surface area contributed by atoms with E-state index in [9.17, 15) is 25.0 Å². The Morgan fingerprint density at radius 2 is 1.78 bits per heavy atom. The topological polar surface area (TPSA) is 146 Å². The summed E-state index contributed by atoms with van der Waals surface area (Å²) in [4.78, 5) is 32.3. The highest BCUT2D eigenvalue weighted by molar-refractivity contribution is 5.88. The first-order valence-corrected chi connectivity index (χ1v) is 8.03. The Morgan fingerprint density at radius 3 is 2.26 bits per heavy atom. The van der Waals surface area contributed by atoms with Crippen molar-refractivity contribution in [2.45, 2.75) is 34.6 Å². The van der Waals surface area contributed by atoms with Crippen molar-refractivity contribution in [1.82, 2.24) is 0 Å². The Kier molecular flexibility index (Phi) is 7.20. The van der Waals surface area contributed by atoms with Gasteiger partial charge in [0.05, 0.1) is 16.5 Å². The molecule has 1 rings (SSSR count). The molecule has 0 amide bonds. The Bertz CT molecular complexity index is 769. The molecule has 0 heterocycles. The van der Waals surface area contributed by atoms with Crippen molar-refractivity contribution < 1.29 is 24.1 Å². The number of hydrogen-bond donors (Lipinski definition) is 1. The third kappa shape index (κ3) is 6.20. The van der Waals surface area contributed by atoms with Crippen LogP contribution in [0.4, 0.5) is 17.1 Å². The summed E-state index contributed by atoms with van der Waals surface area (Å²) >= 11 is 0. The van der Waals surface area contributed by atoms with E-state index in [1.54, 1.807) is 13.8 Å². The summed E-state index contributed by atoms with van der Waals surface area (Å²) in [6.07, 6.45) is 0.